The van der Waals surface area contributed by atoms with E-state index in [9.17, 15) is 0 Å². The van der Waals surface area contributed by atoms with Crippen LogP contribution in [-0.2, 0) is 17.4 Å². The van der Waals surface area contributed by atoms with Gasteiger partial charge in [-0.25, -0.2) is 0 Å². The predicted molar refractivity (Wildman–Crippen MR) is 9.73 cm³/mol. The average molecular weight is 88.0 g/mol. The van der Waals surface area contributed by atoms with Crippen molar-refractivity contribution in [1.82, 2.24) is 0 Å². The molecule has 4 heavy (non-hydrogen) atoms. The summed E-state index contributed by atoms with van der Waals surface area (Å²) in [5.41, 5.74) is 0. The third kappa shape index (κ3) is 21.0. The van der Waals surface area contributed by atoms with Gasteiger partial charge in [-0.1, -0.05) is 0 Å². The monoisotopic (exact) mass is 87.9 g/mol. The number of hydrogen-bond donors (Lipinski definition) is 0. The smallest absolute Gasteiger partial charge is 0 e. The molecule has 0 nitrogen and oxygen atoms in total. The average Bonchev–Trinajstić information content (AvgIpc) is 0. The summed E-state index contributed by atoms with van der Waals surface area (Å²) in [6, 6.07) is 0. The molecule has 12 radical (unpaired) electrons. The van der Waals surface area contributed by atoms with Crippen molar-refractivity contribution in [2.45, 2.75) is 0 Å². The van der Waals surface area contributed by atoms with Crippen LogP contribution in [0.5, 0.6) is 0 Å². The Kier molecular flexibility index (Phi) is 3980. The van der Waals surface area contributed by atoms with Gasteiger partial charge >= 0.3 is 0 Å². The van der Waals surface area contributed by atoms with Crippen molar-refractivity contribution in [3.05, 3.63) is 22.3 Å². The standard InChI is InChI=1S/3C.Cr. The maximum absolute atomic E-state index is 0. The first-order chi connectivity index (χ1) is 0. The van der Waals surface area contributed by atoms with Crippen LogP contribution in [0.25, 0.3) is 0 Å². The Morgan fingerprint density at radius 3 is 0.500 bits per heavy atom. The second-order valence-electron chi connectivity index (χ2n) is 0. The molecule has 0 fully saturated rings. The molecule has 0 N–H and O–H groups in total. The Hall–Kier alpha value is 0.532. The summed E-state index contributed by atoms with van der Waals surface area (Å²) >= 11 is 0. The summed E-state index contributed by atoms with van der Waals surface area (Å²) in [5.74, 6) is 0. The Labute approximate surface area is 40.4 Å². The van der Waals surface area contributed by atoms with Crippen LogP contribution in [0.2, 0.25) is 0 Å². The molecule has 0 unspecified atom stereocenters. The SMILES string of the molecule is [C].[C].[C].[Cr]. The third-order valence-corrected chi connectivity index (χ3v) is 0. The Bertz CT molecular complexity index is 3.25. The van der Waals surface area contributed by atoms with E-state index in [1.807, 2.05) is 0 Å². The molecule has 0 aliphatic rings. The normalized spacial score (nSPS) is 0. The van der Waals surface area contributed by atoms with E-state index in [4.69, 9.17) is 0 Å². The maximum atomic E-state index is 0. The van der Waals surface area contributed by atoms with Crippen LogP contribution in [-0.4, -0.2) is 0 Å². The van der Waals surface area contributed by atoms with Crippen molar-refractivity contribution in [2.24, 2.45) is 0 Å². The van der Waals surface area contributed by atoms with Crippen molar-refractivity contribution in [2.75, 3.05) is 0 Å². The summed E-state index contributed by atoms with van der Waals surface area (Å²) < 4.78 is 0. The molecule has 0 aromatic carbocycles. The molecule has 0 saturated carbocycles. The van der Waals surface area contributed by atoms with Gasteiger partial charge in [0.2, 0.25) is 0 Å². The van der Waals surface area contributed by atoms with Crippen LogP contribution in [0.3, 0.4) is 0 Å². The van der Waals surface area contributed by atoms with Crippen molar-refractivity contribution in [1.29, 1.82) is 0 Å². The Balaban J connectivity index is 0. The fourth-order valence-corrected chi connectivity index (χ4v) is 0. The van der Waals surface area contributed by atoms with E-state index in [1.54, 1.807) is 0 Å². The van der Waals surface area contributed by atoms with Crippen LogP contribution in [0.15, 0.2) is 0 Å². The van der Waals surface area contributed by atoms with Gasteiger partial charge in [0, 0.05) is 39.6 Å². The molecule has 1 heteroatoms. The third-order valence-electron chi connectivity index (χ3n) is 0. The van der Waals surface area contributed by atoms with E-state index in [-0.39, 0.29) is 39.6 Å². The maximum Gasteiger partial charge on any atom is 0 e. The largest absolute Gasteiger partial charge is 0 e. The summed E-state index contributed by atoms with van der Waals surface area (Å²) in [5, 5.41) is 0. The van der Waals surface area contributed by atoms with E-state index < -0.39 is 0 Å². The quantitative estimate of drug-likeness (QED) is 0.398. The van der Waals surface area contributed by atoms with Gasteiger partial charge in [-0.2, -0.15) is 0 Å². The molecular weight excluding hydrogens is 88.0 g/mol. The summed E-state index contributed by atoms with van der Waals surface area (Å²) in [6.45, 7) is 0. The van der Waals surface area contributed by atoms with Crippen molar-refractivity contribution < 1.29 is 17.4 Å². The first-order valence-electron chi connectivity index (χ1n) is 0. The molecule has 0 spiro atoms. The molecule has 0 rings (SSSR count). The fraction of sp³-hybridized carbons (Fsp3) is 0. The van der Waals surface area contributed by atoms with Crippen LogP contribution < -0.4 is 0 Å². The van der Waals surface area contributed by atoms with E-state index in [0.29, 0.717) is 0 Å². The minimum atomic E-state index is 0. The molecule has 0 amide bonds. The summed E-state index contributed by atoms with van der Waals surface area (Å²) in [4.78, 5) is 0. The second-order valence-corrected chi connectivity index (χ2v) is 0. The molecule has 0 atom stereocenters. The molecule has 0 saturated heterocycles. The number of rotatable bonds is 0. The van der Waals surface area contributed by atoms with Crippen molar-refractivity contribution >= 4 is 0 Å². The van der Waals surface area contributed by atoms with E-state index in [0.717, 1.165) is 0 Å². The summed E-state index contributed by atoms with van der Waals surface area (Å²) in [7, 11) is 0. The molecule has 0 aliphatic heterocycles. The van der Waals surface area contributed by atoms with Gasteiger partial charge in [0.1, 0.15) is 0 Å². The first kappa shape index (κ1) is 199. The van der Waals surface area contributed by atoms with Gasteiger partial charge in [-0.05, 0) is 0 Å². The minimum absolute atomic E-state index is 0. The van der Waals surface area contributed by atoms with E-state index in [2.05, 4.69) is 0 Å². The van der Waals surface area contributed by atoms with Crippen molar-refractivity contribution in [3.8, 4) is 0 Å². The molecular formula is C3Cr. The van der Waals surface area contributed by atoms with Gasteiger partial charge in [-0.3, -0.25) is 0 Å². The minimum Gasteiger partial charge on any atom is 0 e. The van der Waals surface area contributed by atoms with Crippen LogP contribution in [0, 0.1) is 22.3 Å². The molecule has 0 bridgehead atoms. The first-order valence-corrected chi connectivity index (χ1v) is 0. The van der Waals surface area contributed by atoms with Gasteiger partial charge in [0.15, 0.2) is 0 Å². The van der Waals surface area contributed by atoms with Gasteiger partial charge in [-0.15, -0.1) is 0 Å². The van der Waals surface area contributed by atoms with E-state index >= 15 is 0 Å². The summed E-state index contributed by atoms with van der Waals surface area (Å²) in [6.07, 6.45) is 0. The van der Waals surface area contributed by atoms with E-state index in [1.165, 1.54) is 0 Å². The zero-order valence-corrected chi connectivity index (χ0v) is 3.18. The molecule has 0 aromatic rings. The van der Waals surface area contributed by atoms with Crippen LogP contribution >= 0.6 is 0 Å². The van der Waals surface area contributed by atoms with Crippen LogP contribution in [0.1, 0.15) is 0 Å². The Morgan fingerprint density at radius 1 is 0.500 bits per heavy atom. The molecule has 0 aliphatic carbocycles. The van der Waals surface area contributed by atoms with Gasteiger partial charge < -0.3 is 0 Å². The Morgan fingerprint density at radius 2 is 0.500 bits per heavy atom. The number of hydrogen-bond acceptors (Lipinski definition) is 0. The fourth-order valence-electron chi connectivity index (χ4n) is 0. The zero-order chi connectivity index (χ0) is 0. The van der Waals surface area contributed by atoms with Gasteiger partial charge in [0.05, 0.1) is 0 Å². The molecule has 0 heterocycles. The van der Waals surface area contributed by atoms with Crippen molar-refractivity contribution in [3.63, 3.8) is 0 Å². The predicted octanol–water partition coefficient (Wildman–Crippen LogP) is 0.241. The van der Waals surface area contributed by atoms with Gasteiger partial charge in [0.25, 0.3) is 0 Å². The van der Waals surface area contributed by atoms with Crippen LogP contribution in [0.4, 0.5) is 0 Å². The zero-order valence-electron chi connectivity index (χ0n) is 1.91. The topological polar surface area (TPSA) is 0 Å². The molecule has 18 valence electrons. The second kappa shape index (κ2) is 79.9. The molecule has 0 aromatic heterocycles.